The lowest BCUT2D eigenvalue weighted by Gasteiger charge is -2.09. The number of hydrogen-bond donors (Lipinski definition) is 2. The van der Waals surface area contributed by atoms with Gasteiger partial charge in [-0.3, -0.25) is 24.6 Å². The molecule has 0 bridgehead atoms. The third kappa shape index (κ3) is 4.57. The summed E-state index contributed by atoms with van der Waals surface area (Å²) in [5, 5.41) is 4.46. The van der Waals surface area contributed by atoms with E-state index in [0.29, 0.717) is 0 Å². The quantitative estimate of drug-likeness (QED) is 0.433. The average molecular weight is 373 g/mol. The van der Waals surface area contributed by atoms with Gasteiger partial charge in [0.2, 0.25) is 0 Å². The molecule has 1 aromatic carbocycles. The van der Waals surface area contributed by atoms with Crippen molar-refractivity contribution in [2.75, 3.05) is 13.2 Å². The highest BCUT2D eigenvalue weighted by Gasteiger charge is 2.35. The molecule has 2 rings (SSSR count). The molecule has 0 saturated carbocycles. The average Bonchev–Trinajstić information content (AvgIpc) is 2.83. The van der Waals surface area contributed by atoms with Gasteiger partial charge in [-0.05, 0) is 32.0 Å². The molecule has 0 atom stereocenters. The number of urea groups is 1. The lowest BCUT2D eigenvalue weighted by molar-refractivity contribution is -0.123. The van der Waals surface area contributed by atoms with Crippen molar-refractivity contribution in [1.82, 2.24) is 15.5 Å². The van der Waals surface area contributed by atoms with Gasteiger partial charge in [-0.2, -0.15) is 0 Å². The number of hydrogen-bond acceptors (Lipinski definition) is 6. The first-order valence-electron chi connectivity index (χ1n) is 8.13. The van der Waals surface area contributed by atoms with Gasteiger partial charge < -0.3 is 10.1 Å². The Bertz CT molecular complexity index is 830. The first-order chi connectivity index (χ1) is 12.7. The van der Waals surface area contributed by atoms with Gasteiger partial charge in [0.1, 0.15) is 0 Å². The molecular formula is C18H19N3O6. The van der Waals surface area contributed by atoms with Gasteiger partial charge in [0.25, 0.3) is 17.7 Å². The number of imide groups is 2. The van der Waals surface area contributed by atoms with Crippen LogP contribution in [0.4, 0.5) is 4.79 Å². The Hall–Kier alpha value is -3.49. The summed E-state index contributed by atoms with van der Waals surface area (Å²) in [6.45, 7) is 6.33. The summed E-state index contributed by atoms with van der Waals surface area (Å²) in [6.07, 6.45) is 1.42. The summed E-state index contributed by atoms with van der Waals surface area (Å²) in [5.74, 6) is -2.66. The number of amides is 5. The number of carbonyl (C=O) groups is 5. The highest BCUT2D eigenvalue weighted by Crippen LogP contribution is 2.24. The molecule has 0 fully saturated rings. The number of fused-ring (bicyclic) bond motifs is 1. The molecule has 1 aliphatic heterocycles. The van der Waals surface area contributed by atoms with Gasteiger partial charge in [0.05, 0.1) is 16.7 Å². The number of nitrogens with one attached hydrogen (secondary N) is 2. The summed E-state index contributed by atoms with van der Waals surface area (Å²) in [6, 6.07) is 3.06. The number of ether oxygens (including phenoxy) is 1. The highest BCUT2D eigenvalue weighted by molar-refractivity contribution is 6.22. The first kappa shape index (κ1) is 19.8. The van der Waals surface area contributed by atoms with Gasteiger partial charge in [-0.25, -0.2) is 9.59 Å². The molecule has 142 valence electrons. The Labute approximate surface area is 155 Å². The molecule has 9 nitrogen and oxygen atoms in total. The zero-order chi connectivity index (χ0) is 20.1. The van der Waals surface area contributed by atoms with Crippen LogP contribution in [0.5, 0.6) is 0 Å². The summed E-state index contributed by atoms with van der Waals surface area (Å²) < 4.78 is 4.83. The topological polar surface area (TPSA) is 122 Å². The molecule has 5 amide bonds. The lowest BCUT2D eigenvalue weighted by Crippen LogP contribution is -2.44. The molecule has 27 heavy (non-hydrogen) atoms. The summed E-state index contributed by atoms with van der Waals surface area (Å²) in [4.78, 5) is 60.4. The monoisotopic (exact) mass is 373 g/mol. The second-order valence-corrected chi connectivity index (χ2v) is 6.02. The second-order valence-electron chi connectivity index (χ2n) is 6.02. The van der Waals surface area contributed by atoms with Crippen molar-refractivity contribution in [3.8, 4) is 0 Å². The van der Waals surface area contributed by atoms with Crippen LogP contribution in [0.25, 0.3) is 0 Å². The molecule has 0 saturated heterocycles. The first-order valence-corrected chi connectivity index (χ1v) is 8.13. The fourth-order valence-corrected chi connectivity index (χ4v) is 2.39. The molecule has 1 heterocycles. The van der Waals surface area contributed by atoms with Crippen LogP contribution >= 0.6 is 0 Å². The van der Waals surface area contributed by atoms with Crippen molar-refractivity contribution in [2.24, 2.45) is 0 Å². The maximum atomic E-state index is 12.2. The van der Waals surface area contributed by atoms with Gasteiger partial charge in [-0.1, -0.05) is 6.08 Å². The maximum absolute atomic E-state index is 12.2. The van der Waals surface area contributed by atoms with Crippen LogP contribution in [0.1, 0.15) is 44.9 Å². The van der Waals surface area contributed by atoms with E-state index in [1.165, 1.54) is 24.3 Å². The summed E-state index contributed by atoms with van der Waals surface area (Å²) >= 11 is 0. The van der Waals surface area contributed by atoms with Gasteiger partial charge in [-0.15, -0.1) is 6.58 Å². The van der Waals surface area contributed by atoms with Crippen molar-refractivity contribution in [1.29, 1.82) is 0 Å². The van der Waals surface area contributed by atoms with E-state index in [2.05, 4.69) is 11.9 Å². The fraction of sp³-hybridized carbons (Fsp3) is 0.278. The number of nitrogens with zero attached hydrogens (tertiary/aromatic N) is 1. The summed E-state index contributed by atoms with van der Waals surface area (Å²) in [7, 11) is 0. The predicted octanol–water partition coefficient (Wildman–Crippen LogP) is 0.860. The van der Waals surface area contributed by atoms with Crippen LogP contribution in [-0.4, -0.2) is 53.8 Å². The van der Waals surface area contributed by atoms with E-state index in [0.717, 1.165) is 4.90 Å². The number of rotatable bonds is 6. The van der Waals surface area contributed by atoms with Gasteiger partial charge in [0.15, 0.2) is 6.61 Å². The molecule has 0 radical (unpaired) electrons. The number of benzene rings is 1. The van der Waals surface area contributed by atoms with E-state index in [9.17, 15) is 24.0 Å². The Balaban J connectivity index is 2.00. The standard InChI is InChI=1S/C18H19N3O6/c1-4-7-21-15(23)12-6-5-11(8-13(12)16(21)24)17(25)27-9-14(22)20-18(26)19-10(2)3/h4-6,8,10H,1,7,9H2,2-3H3,(H2,19,20,22,26). The SMILES string of the molecule is C=CCN1C(=O)c2ccc(C(=O)OCC(=O)NC(=O)NC(C)C)cc2C1=O. The van der Waals surface area contributed by atoms with Crippen molar-refractivity contribution in [3.05, 3.63) is 47.5 Å². The minimum absolute atomic E-state index is 0.00906. The Morgan fingerprint density at radius 1 is 1.19 bits per heavy atom. The molecular weight excluding hydrogens is 354 g/mol. The van der Waals surface area contributed by atoms with Crippen LogP contribution in [0, 0.1) is 0 Å². The van der Waals surface area contributed by atoms with E-state index in [1.54, 1.807) is 13.8 Å². The van der Waals surface area contributed by atoms with Gasteiger partial charge >= 0.3 is 12.0 Å². The largest absolute Gasteiger partial charge is 0.452 e. The lowest BCUT2D eigenvalue weighted by atomic mass is 10.1. The van der Waals surface area contributed by atoms with Crippen LogP contribution < -0.4 is 10.6 Å². The third-order valence-electron chi connectivity index (χ3n) is 3.53. The molecule has 1 aliphatic rings. The van der Waals surface area contributed by atoms with Crippen molar-refractivity contribution >= 4 is 29.7 Å². The van der Waals surface area contributed by atoms with Crippen LogP contribution in [0.2, 0.25) is 0 Å². The molecule has 9 heteroatoms. The highest BCUT2D eigenvalue weighted by atomic mass is 16.5. The smallest absolute Gasteiger partial charge is 0.338 e. The Kier molecular flexibility index (Phi) is 6.07. The molecule has 0 unspecified atom stereocenters. The fourth-order valence-electron chi connectivity index (χ4n) is 2.39. The number of carbonyl (C=O) groups excluding carboxylic acids is 5. The molecule has 0 aliphatic carbocycles. The Morgan fingerprint density at radius 2 is 1.85 bits per heavy atom. The van der Waals surface area contributed by atoms with Crippen LogP contribution in [-0.2, 0) is 9.53 Å². The summed E-state index contributed by atoms with van der Waals surface area (Å²) in [5.41, 5.74) is 0.272. The molecule has 1 aromatic rings. The van der Waals surface area contributed by atoms with Gasteiger partial charge in [0, 0.05) is 12.6 Å². The zero-order valence-electron chi connectivity index (χ0n) is 14.9. The minimum atomic E-state index is -0.861. The Morgan fingerprint density at radius 3 is 2.48 bits per heavy atom. The third-order valence-corrected chi connectivity index (χ3v) is 3.53. The molecule has 0 spiro atoms. The van der Waals surface area contributed by atoms with E-state index in [4.69, 9.17) is 4.74 Å². The van der Waals surface area contributed by atoms with Crippen molar-refractivity contribution in [2.45, 2.75) is 19.9 Å². The van der Waals surface area contributed by atoms with Crippen LogP contribution in [0.3, 0.4) is 0 Å². The second kappa shape index (κ2) is 8.26. The van der Waals surface area contributed by atoms with Crippen molar-refractivity contribution in [3.63, 3.8) is 0 Å². The number of esters is 1. The van der Waals surface area contributed by atoms with E-state index in [-0.39, 0.29) is 29.3 Å². The van der Waals surface area contributed by atoms with E-state index < -0.39 is 36.3 Å². The minimum Gasteiger partial charge on any atom is -0.452 e. The normalized spacial score (nSPS) is 12.6. The zero-order valence-corrected chi connectivity index (χ0v) is 14.9. The van der Waals surface area contributed by atoms with Crippen LogP contribution in [0.15, 0.2) is 30.9 Å². The van der Waals surface area contributed by atoms with E-state index >= 15 is 0 Å². The van der Waals surface area contributed by atoms with Crippen molar-refractivity contribution < 1.29 is 28.7 Å². The maximum Gasteiger partial charge on any atom is 0.338 e. The molecule has 0 aromatic heterocycles. The van der Waals surface area contributed by atoms with E-state index in [1.807, 2.05) is 5.32 Å². The predicted molar refractivity (Wildman–Crippen MR) is 94.1 cm³/mol. The molecule has 2 N–H and O–H groups in total.